The molecule has 0 aromatic heterocycles. The summed E-state index contributed by atoms with van der Waals surface area (Å²) >= 11 is 0. The van der Waals surface area contributed by atoms with E-state index in [2.05, 4.69) is 5.32 Å². The highest BCUT2D eigenvalue weighted by Gasteiger charge is 2.13. The van der Waals surface area contributed by atoms with Crippen LogP contribution in [0.4, 0.5) is 0 Å². The van der Waals surface area contributed by atoms with Crippen molar-refractivity contribution in [3.63, 3.8) is 0 Å². The molecule has 1 aromatic carbocycles. The highest BCUT2D eigenvalue weighted by atomic mass is 16.3. The summed E-state index contributed by atoms with van der Waals surface area (Å²) in [7, 11) is 1.82. The first kappa shape index (κ1) is 16.6. The molecule has 0 heterocycles. The molecule has 0 radical (unpaired) electrons. The summed E-state index contributed by atoms with van der Waals surface area (Å²) in [5, 5.41) is 13.0. The molecule has 0 fully saturated rings. The van der Waals surface area contributed by atoms with E-state index in [4.69, 9.17) is 5.73 Å². The largest absolute Gasteiger partial charge is 0.387 e. The Kier molecular flexibility index (Phi) is 6.64. The number of benzene rings is 1. The predicted molar refractivity (Wildman–Crippen MR) is 80.1 cm³/mol. The van der Waals surface area contributed by atoms with Gasteiger partial charge in [0.05, 0.1) is 12.6 Å². The Bertz CT molecular complexity index is 418. The van der Waals surface area contributed by atoms with Crippen molar-refractivity contribution < 1.29 is 9.90 Å². The van der Waals surface area contributed by atoms with Crippen LogP contribution in [0.25, 0.3) is 0 Å². The van der Waals surface area contributed by atoms with Crippen LogP contribution in [0.2, 0.25) is 0 Å². The van der Waals surface area contributed by atoms with E-state index in [0.29, 0.717) is 13.1 Å². The first-order valence-electron chi connectivity index (χ1n) is 6.87. The van der Waals surface area contributed by atoms with Crippen molar-refractivity contribution >= 4 is 5.91 Å². The summed E-state index contributed by atoms with van der Waals surface area (Å²) in [6.45, 7) is 5.02. The third-order valence-corrected chi connectivity index (χ3v) is 2.95. The molecule has 1 atom stereocenters. The van der Waals surface area contributed by atoms with Crippen molar-refractivity contribution in [2.24, 2.45) is 5.73 Å². The van der Waals surface area contributed by atoms with E-state index < -0.39 is 6.10 Å². The first-order chi connectivity index (χ1) is 9.42. The highest BCUT2D eigenvalue weighted by molar-refractivity contribution is 5.78. The van der Waals surface area contributed by atoms with Crippen LogP contribution in [-0.4, -0.2) is 42.1 Å². The number of nitrogens with one attached hydrogen (secondary N) is 1. The minimum absolute atomic E-state index is 0.0341. The molecule has 0 saturated carbocycles. The Hall–Kier alpha value is -1.43. The maximum atomic E-state index is 11.6. The minimum atomic E-state index is -0.612. The van der Waals surface area contributed by atoms with Gasteiger partial charge in [0.1, 0.15) is 0 Å². The monoisotopic (exact) mass is 279 g/mol. The summed E-state index contributed by atoms with van der Waals surface area (Å²) in [5.74, 6) is -0.0341. The molecule has 0 aliphatic carbocycles. The molecule has 1 unspecified atom stereocenters. The molecule has 112 valence electrons. The van der Waals surface area contributed by atoms with E-state index in [1.54, 1.807) is 4.90 Å². The van der Waals surface area contributed by atoms with Gasteiger partial charge in [-0.25, -0.2) is 0 Å². The summed E-state index contributed by atoms with van der Waals surface area (Å²) in [4.78, 5) is 13.4. The van der Waals surface area contributed by atoms with Gasteiger partial charge in [0.15, 0.2) is 0 Å². The van der Waals surface area contributed by atoms with Gasteiger partial charge in [-0.1, -0.05) is 24.3 Å². The average molecular weight is 279 g/mol. The zero-order chi connectivity index (χ0) is 15.1. The lowest BCUT2D eigenvalue weighted by Crippen LogP contribution is -2.39. The van der Waals surface area contributed by atoms with Crippen LogP contribution in [0.5, 0.6) is 0 Å². The number of amides is 1. The number of hydrogen-bond acceptors (Lipinski definition) is 4. The fourth-order valence-electron chi connectivity index (χ4n) is 1.95. The van der Waals surface area contributed by atoms with Crippen molar-refractivity contribution in [2.45, 2.75) is 32.5 Å². The summed E-state index contributed by atoms with van der Waals surface area (Å²) in [6.07, 6.45) is -0.612. The molecular weight excluding hydrogens is 254 g/mol. The Morgan fingerprint density at radius 1 is 1.35 bits per heavy atom. The van der Waals surface area contributed by atoms with Gasteiger partial charge < -0.3 is 16.2 Å². The lowest BCUT2D eigenvalue weighted by molar-refractivity contribution is -0.122. The Morgan fingerprint density at radius 2 is 1.95 bits per heavy atom. The quantitative estimate of drug-likeness (QED) is 0.684. The summed E-state index contributed by atoms with van der Waals surface area (Å²) in [6, 6.07) is 7.68. The lowest BCUT2D eigenvalue weighted by Gasteiger charge is -2.21. The number of likely N-dealkylation sites (N-methyl/N-ethyl adjacent to an activating group) is 1. The average Bonchev–Trinajstić information content (AvgIpc) is 2.37. The van der Waals surface area contributed by atoms with E-state index in [0.717, 1.165) is 11.1 Å². The van der Waals surface area contributed by atoms with Gasteiger partial charge in [-0.3, -0.25) is 9.69 Å². The van der Waals surface area contributed by atoms with Crippen molar-refractivity contribution in [3.05, 3.63) is 35.4 Å². The van der Waals surface area contributed by atoms with E-state index in [1.807, 2.05) is 45.2 Å². The van der Waals surface area contributed by atoms with Gasteiger partial charge in [0, 0.05) is 19.1 Å². The molecule has 1 amide bonds. The van der Waals surface area contributed by atoms with Crippen LogP contribution in [0.15, 0.2) is 24.3 Å². The van der Waals surface area contributed by atoms with Gasteiger partial charge in [-0.15, -0.1) is 0 Å². The highest BCUT2D eigenvalue weighted by Crippen LogP contribution is 2.14. The molecule has 5 nitrogen and oxygen atoms in total. The maximum Gasteiger partial charge on any atom is 0.234 e. The summed E-state index contributed by atoms with van der Waals surface area (Å²) < 4.78 is 0. The van der Waals surface area contributed by atoms with Crippen LogP contribution >= 0.6 is 0 Å². The zero-order valence-electron chi connectivity index (χ0n) is 12.5. The number of aliphatic hydroxyl groups is 1. The Balaban J connectivity index is 2.47. The maximum absolute atomic E-state index is 11.6. The van der Waals surface area contributed by atoms with E-state index in [1.165, 1.54) is 0 Å². The van der Waals surface area contributed by atoms with Crippen LogP contribution in [0.3, 0.4) is 0 Å². The lowest BCUT2D eigenvalue weighted by atomic mass is 10.1. The number of nitrogens with zero attached hydrogens (tertiary/aromatic N) is 1. The second kappa shape index (κ2) is 7.99. The van der Waals surface area contributed by atoms with Crippen LogP contribution in [0.1, 0.15) is 31.1 Å². The van der Waals surface area contributed by atoms with Crippen LogP contribution < -0.4 is 11.1 Å². The molecule has 20 heavy (non-hydrogen) atoms. The topological polar surface area (TPSA) is 78.6 Å². The molecule has 0 spiro atoms. The fraction of sp³-hybridized carbons (Fsp3) is 0.533. The number of nitrogens with two attached hydrogens (primary N) is 1. The SMILES string of the molecule is CC(C)NC(=O)CN(C)CC(O)c1ccc(CN)cc1. The third-order valence-electron chi connectivity index (χ3n) is 2.95. The fourth-order valence-corrected chi connectivity index (χ4v) is 1.95. The van der Waals surface area contributed by atoms with Gasteiger partial charge in [0.2, 0.25) is 5.91 Å². The van der Waals surface area contributed by atoms with Gasteiger partial charge >= 0.3 is 0 Å². The Morgan fingerprint density at radius 3 is 2.45 bits per heavy atom. The van der Waals surface area contributed by atoms with Crippen molar-refractivity contribution in [3.8, 4) is 0 Å². The van der Waals surface area contributed by atoms with E-state index in [-0.39, 0.29) is 18.5 Å². The zero-order valence-corrected chi connectivity index (χ0v) is 12.5. The molecule has 5 heteroatoms. The molecule has 1 rings (SSSR count). The van der Waals surface area contributed by atoms with Gasteiger partial charge in [-0.2, -0.15) is 0 Å². The van der Waals surface area contributed by atoms with Crippen molar-refractivity contribution in [1.29, 1.82) is 0 Å². The van der Waals surface area contributed by atoms with Crippen molar-refractivity contribution in [2.75, 3.05) is 20.1 Å². The molecule has 0 aliphatic rings. The molecular formula is C15H25N3O2. The number of hydrogen-bond donors (Lipinski definition) is 3. The normalized spacial score (nSPS) is 12.8. The molecule has 1 aromatic rings. The standard InChI is InChI=1S/C15H25N3O2/c1-11(2)17-15(20)10-18(3)9-14(19)13-6-4-12(8-16)5-7-13/h4-7,11,14,19H,8-10,16H2,1-3H3,(H,17,20). The minimum Gasteiger partial charge on any atom is -0.387 e. The molecule has 0 saturated heterocycles. The van der Waals surface area contributed by atoms with Crippen LogP contribution in [-0.2, 0) is 11.3 Å². The number of aliphatic hydroxyl groups excluding tert-OH is 1. The smallest absolute Gasteiger partial charge is 0.234 e. The Labute approximate surface area is 120 Å². The second-order valence-electron chi connectivity index (χ2n) is 5.38. The van der Waals surface area contributed by atoms with Gasteiger partial charge in [0.25, 0.3) is 0 Å². The summed E-state index contributed by atoms with van der Waals surface area (Å²) in [5.41, 5.74) is 7.40. The van der Waals surface area contributed by atoms with Gasteiger partial charge in [-0.05, 0) is 32.0 Å². The third kappa shape index (κ3) is 5.69. The van der Waals surface area contributed by atoms with Crippen molar-refractivity contribution in [1.82, 2.24) is 10.2 Å². The molecule has 0 bridgehead atoms. The second-order valence-corrected chi connectivity index (χ2v) is 5.38. The molecule has 4 N–H and O–H groups in total. The number of rotatable bonds is 7. The van der Waals surface area contributed by atoms with E-state index >= 15 is 0 Å². The number of carbonyl (C=O) groups excluding carboxylic acids is 1. The first-order valence-corrected chi connectivity index (χ1v) is 6.87. The number of carbonyl (C=O) groups is 1. The predicted octanol–water partition coefficient (Wildman–Crippen LogP) is 0.635. The van der Waals surface area contributed by atoms with E-state index in [9.17, 15) is 9.90 Å². The molecule has 0 aliphatic heterocycles. The van der Waals surface area contributed by atoms with Crippen LogP contribution in [0, 0.1) is 0 Å².